The smallest absolute Gasteiger partial charge is 0.109 e. The Morgan fingerprint density at radius 3 is 0.875 bits per heavy atom. The second-order valence-corrected chi connectivity index (χ2v) is 9.34. The number of hydrogen-bond donors (Lipinski definition) is 4. The highest BCUT2D eigenvalue weighted by atomic mass is 15.5. The van der Waals surface area contributed by atoms with Gasteiger partial charge in [0, 0.05) is 13.1 Å². The maximum Gasteiger partial charge on any atom is 0.109 e. The van der Waals surface area contributed by atoms with E-state index in [1.54, 1.807) is 0 Å². The Bertz CT molecular complexity index is 792. The van der Waals surface area contributed by atoms with Crippen LogP contribution in [0.15, 0.2) is 97.7 Å². The van der Waals surface area contributed by atoms with E-state index in [9.17, 15) is 0 Å². The molecule has 4 atom stereocenters. The third-order valence-corrected chi connectivity index (χ3v) is 6.80. The second-order valence-electron chi connectivity index (χ2n) is 9.34. The number of nitrogens with zero attached hydrogens (tertiary/aromatic N) is 2. The molecular formula is C26H36N6. The molecule has 32 heavy (non-hydrogen) atoms. The Morgan fingerprint density at radius 1 is 0.438 bits per heavy atom. The molecule has 6 heteroatoms. The zero-order valence-electron chi connectivity index (χ0n) is 19.5. The molecule has 0 spiro atoms. The molecule has 4 aliphatic rings. The van der Waals surface area contributed by atoms with Gasteiger partial charge in [-0.15, -0.1) is 0 Å². The first-order valence-corrected chi connectivity index (χ1v) is 11.3. The predicted octanol–water partition coefficient (Wildman–Crippen LogP) is 3.15. The zero-order chi connectivity index (χ0) is 22.7. The highest BCUT2D eigenvalue weighted by Gasteiger charge is 2.45. The molecule has 4 heterocycles. The molecule has 0 saturated carbocycles. The first kappa shape index (κ1) is 22.2. The Labute approximate surface area is 192 Å². The van der Waals surface area contributed by atoms with Crippen LogP contribution in [-0.2, 0) is 0 Å². The summed E-state index contributed by atoms with van der Waals surface area (Å²) in [5.74, 6) is 0. The van der Waals surface area contributed by atoms with E-state index in [-0.39, 0.29) is 22.7 Å². The van der Waals surface area contributed by atoms with Crippen molar-refractivity contribution in [3.8, 4) is 0 Å². The number of hydrogen-bond acceptors (Lipinski definition) is 6. The maximum atomic E-state index is 3.58. The van der Waals surface area contributed by atoms with Gasteiger partial charge in [-0.3, -0.25) is 9.80 Å². The van der Waals surface area contributed by atoms with Crippen LogP contribution in [0, 0.1) is 0 Å². The van der Waals surface area contributed by atoms with Gasteiger partial charge in [-0.1, -0.05) is 24.3 Å². The molecule has 0 aromatic carbocycles. The predicted molar refractivity (Wildman–Crippen MR) is 133 cm³/mol. The summed E-state index contributed by atoms with van der Waals surface area (Å²) in [5.41, 5.74) is -1.37. The first-order valence-electron chi connectivity index (χ1n) is 11.3. The third kappa shape index (κ3) is 4.20. The van der Waals surface area contributed by atoms with Gasteiger partial charge in [-0.05, 0) is 101 Å². The molecule has 6 nitrogen and oxygen atoms in total. The molecule has 4 unspecified atom stereocenters. The van der Waals surface area contributed by atoms with Crippen molar-refractivity contribution in [3.05, 3.63) is 97.7 Å². The molecule has 4 rings (SSSR count). The average Bonchev–Trinajstić information content (AvgIpc) is 2.78. The van der Waals surface area contributed by atoms with Gasteiger partial charge in [0.25, 0.3) is 0 Å². The van der Waals surface area contributed by atoms with E-state index in [2.05, 4.69) is 107 Å². The summed E-state index contributed by atoms with van der Waals surface area (Å²) in [6.07, 6.45) is 33.6. The van der Waals surface area contributed by atoms with E-state index in [0.29, 0.717) is 0 Å². The lowest BCUT2D eigenvalue weighted by atomic mass is 9.97. The minimum atomic E-state index is -0.342. The third-order valence-electron chi connectivity index (χ3n) is 6.80. The second kappa shape index (κ2) is 8.52. The van der Waals surface area contributed by atoms with Gasteiger partial charge in [0.1, 0.15) is 22.7 Å². The maximum absolute atomic E-state index is 3.58. The molecule has 0 radical (unpaired) electrons. The van der Waals surface area contributed by atoms with Crippen LogP contribution in [0.2, 0.25) is 0 Å². The molecular weight excluding hydrogens is 396 g/mol. The first-order chi connectivity index (χ1) is 15.3. The molecule has 4 aliphatic heterocycles. The highest BCUT2D eigenvalue weighted by Crippen LogP contribution is 2.31. The lowest BCUT2D eigenvalue weighted by Crippen LogP contribution is -2.71. The summed E-state index contributed by atoms with van der Waals surface area (Å²) >= 11 is 0. The van der Waals surface area contributed by atoms with Crippen LogP contribution in [0.1, 0.15) is 27.7 Å². The van der Waals surface area contributed by atoms with E-state index in [1.807, 2.05) is 49.1 Å². The topological polar surface area (TPSA) is 54.6 Å². The van der Waals surface area contributed by atoms with Gasteiger partial charge < -0.3 is 21.3 Å². The van der Waals surface area contributed by atoms with Gasteiger partial charge in [-0.25, -0.2) is 0 Å². The molecule has 0 bridgehead atoms. The van der Waals surface area contributed by atoms with Gasteiger partial charge in [0.2, 0.25) is 0 Å². The average molecular weight is 433 g/mol. The number of nitrogens with one attached hydrogen (secondary N) is 4. The zero-order valence-corrected chi connectivity index (χ0v) is 19.5. The molecule has 0 aromatic heterocycles. The van der Waals surface area contributed by atoms with Crippen molar-refractivity contribution in [2.75, 3.05) is 13.1 Å². The van der Waals surface area contributed by atoms with Crippen LogP contribution in [0.25, 0.3) is 0 Å². The van der Waals surface area contributed by atoms with E-state index < -0.39 is 0 Å². The van der Waals surface area contributed by atoms with Crippen LogP contribution < -0.4 is 21.3 Å². The minimum absolute atomic E-state index is 0.342. The van der Waals surface area contributed by atoms with Crippen molar-refractivity contribution < 1.29 is 0 Å². The lowest BCUT2D eigenvalue weighted by molar-refractivity contribution is -0.0240. The number of rotatable bonds is 7. The molecule has 0 aromatic rings. The van der Waals surface area contributed by atoms with Crippen molar-refractivity contribution in [2.45, 2.75) is 50.3 Å². The van der Waals surface area contributed by atoms with E-state index in [0.717, 1.165) is 13.1 Å². The van der Waals surface area contributed by atoms with Gasteiger partial charge in [0.15, 0.2) is 0 Å². The standard InChI is InChI=1S/C26H36N6/c1-23(13-5-9-17-27-23)31(24(2)14-6-10-18-28-24)21-22-32(25(3)15-7-11-19-29-25)26(4)16-8-12-20-30-26/h5-20,27-30H,21-22H2,1-4H3. The fraction of sp³-hybridized carbons (Fsp3) is 0.385. The highest BCUT2D eigenvalue weighted by molar-refractivity contribution is 5.26. The SMILES string of the molecule is CC1(N(CCN(C2(C)C=CC=CN2)C2(C)C=CC=CN2)C2(C)C=CC=CN2)C=CC=CN1. The Hall–Kier alpha value is -2.96. The van der Waals surface area contributed by atoms with Crippen molar-refractivity contribution in [1.82, 2.24) is 31.1 Å². The number of dihydropyridines is 4. The Kier molecular flexibility index (Phi) is 5.93. The molecule has 0 aliphatic carbocycles. The minimum Gasteiger partial charge on any atom is -0.370 e. The molecule has 170 valence electrons. The summed E-state index contributed by atoms with van der Waals surface area (Å²) in [4.78, 5) is 4.95. The largest absolute Gasteiger partial charge is 0.370 e. The Balaban J connectivity index is 1.65. The van der Waals surface area contributed by atoms with Gasteiger partial charge >= 0.3 is 0 Å². The Morgan fingerprint density at radius 2 is 0.688 bits per heavy atom. The summed E-state index contributed by atoms with van der Waals surface area (Å²) in [6.45, 7) is 10.5. The molecule has 4 N–H and O–H groups in total. The number of allylic oxidation sites excluding steroid dienone is 8. The van der Waals surface area contributed by atoms with Gasteiger partial charge in [-0.2, -0.15) is 0 Å². The van der Waals surface area contributed by atoms with E-state index >= 15 is 0 Å². The molecule has 0 amide bonds. The summed E-state index contributed by atoms with van der Waals surface area (Å²) < 4.78 is 0. The summed E-state index contributed by atoms with van der Waals surface area (Å²) in [5, 5.41) is 14.3. The molecule has 0 fully saturated rings. The summed E-state index contributed by atoms with van der Waals surface area (Å²) in [6, 6.07) is 0. The van der Waals surface area contributed by atoms with Crippen LogP contribution >= 0.6 is 0 Å². The molecule has 0 saturated heterocycles. The lowest BCUT2D eigenvalue weighted by Gasteiger charge is -2.54. The normalized spacial score (nSPS) is 36.8. The van der Waals surface area contributed by atoms with Crippen LogP contribution in [-0.4, -0.2) is 45.5 Å². The van der Waals surface area contributed by atoms with Crippen molar-refractivity contribution in [1.29, 1.82) is 0 Å². The van der Waals surface area contributed by atoms with E-state index in [4.69, 9.17) is 0 Å². The van der Waals surface area contributed by atoms with Crippen LogP contribution in [0.5, 0.6) is 0 Å². The summed E-state index contributed by atoms with van der Waals surface area (Å²) in [7, 11) is 0. The monoisotopic (exact) mass is 432 g/mol. The van der Waals surface area contributed by atoms with Crippen molar-refractivity contribution in [3.63, 3.8) is 0 Å². The van der Waals surface area contributed by atoms with Crippen molar-refractivity contribution in [2.24, 2.45) is 0 Å². The van der Waals surface area contributed by atoms with Crippen molar-refractivity contribution >= 4 is 0 Å². The fourth-order valence-electron chi connectivity index (χ4n) is 5.02. The quantitative estimate of drug-likeness (QED) is 0.496. The van der Waals surface area contributed by atoms with Crippen LogP contribution in [0.4, 0.5) is 0 Å². The fourth-order valence-corrected chi connectivity index (χ4v) is 5.02. The van der Waals surface area contributed by atoms with Gasteiger partial charge in [0.05, 0.1) is 0 Å². The van der Waals surface area contributed by atoms with Crippen LogP contribution in [0.3, 0.4) is 0 Å². The van der Waals surface area contributed by atoms with E-state index in [1.165, 1.54) is 0 Å².